The molecule has 0 saturated carbocycles. The van der Waals surface area contributed by atoms with Crippen molar-refractivity contribution >= 4 is 34.0 Å². The molecular weight excluding hydrogens is 248 g/mol. The van der Waals surface area contributed by atoms with Crippen LogP contribution in [0.1, 0.15) is 10.4 Å². The number of phenols is 1. The summed E-state index contributed by atoms with van der Waals surface area (Å²) < 4.78 is 0. The van der Waals surface area contributed by atoms with E-state index in [0.29, 0.717) is 5.13 Å². The molecule has 0 aliphatic heterocycles. The van der Waals surface area contributed by atoms with E-state index < -0.39 is 5.91 Å². The maximum absolute atomic E-state index is 11.7. The monoisotopic (exact) mass is 254 g/mol. The summed E-state index contributed by atoms with van der Waals surface area (Å²) in [5, 5.41) is 14.4. The third-order valence-corrected chi connectivity index (χ3v) is 2.87. The second-order valence-electron chi connectivity index (χ2n) is 2.96. The largest absolute Gasteiger partial charge is 0.508 e. The second kappa shape index (κ2) is 4.51. The standard InChI is InChI=1S/C10H7ClN2O2S/c11-8-2-1-6(14)5-7(8)9(15)13-10-12-3-4-16-10/h1-5,14H,(H,12,13,15). The van der Waals surface area contributed by atoms with E-state index in [2.05, 4.69) is 10.3 Å². The van der Waals surface area contributed by atoms with Gasteiger partial charge in [0.1, 0.15) is 5.75 Å². The highest BCUT2D eigenvalue weighted by Gasteiger charge is 2.12. The van der Waals surface area contributed by atoms with Gasteiger partial charge in [-0.1, -0.05) is 11.6 Å². The first-order chi connectivity index (χ1) is 7.66. The van der Waals surface area contributed by atoms with Gasteiger partial charge in [-0.25, -0.2) is 4.98 Å². The van der Waals surface area contributed by atoms with Crippen molar-refractivity contribution in [3.63, 3.8) is 0 Å². The normalized spacial score (nSPS) is 10.1. The topological polar surface area (TPSA) is 62.2 Å². The predicted molar refractivity (Wildman–Crippen MR) is 63.2 cm³/mol. The first-order valence-corrected chi connectivity index (χ1v) is 5.62. The second-order valence-corrected chi connectivity index (χ2v) is 4.26. The van der Waals surface area contributed by atoms with Crippen molar-refractivity contribution in [2.24, 2.45) is 0 Å². The van der Waals surface area contributed by atoms with Gasteiger partial charge >= 0.3 is 0 Å². The minimum atomic E-state index is -0.393. The minimum absolute atomic E-state index is 0.00584. The number of nitrogens with one attached hydrogen (secondary N) is 1. The van der Waals surface area contributed by atoms with Crippen molar-refractivity contribution in [1.82, 2.24) is 4.98 Å². The molecule has 0 unspecified atom stereocenters. The summed E-state index contributed by atoms with van der Waals surface area (Å²) >= 11 is 7.15. The van der Waals surface area contributed by atoms with Crippen LogP contribution in [0.5, 0.6) is 5.75 Å². The Bertz CT molecular complexity index is 514. The Morgan fingerprint density at radius 3 is 3.00 bits per heavy atom. The van der Waals surface area contributed by atoms with E-state index in [-0.39, 0.29) is 16.3 Å². The van der Waals surface area contributed by atoms with Crippen LogP contribution in [-0.4, -0.2) is 16.0 Å². The number of hydrogen-bond donors (Lipinski definition) is 2. The predicted octanol–water partition coefficient (Wildman–Crippen LogP) is 2.75. The van der Waals surface area contributed by atoms with Gasteiger partial charge in [0, 0.05) is 11.6 Å². The molecule has 0 bridgehead atoms. The number of aromatic hydroxyl groups is 1. The van der Waals surface area contributed by atoms with Crippen LogP contribution in [-0.2, 0) is 0 Å². The summed E-state index contributed by atoms with van der Waals surface area (Å²) in [6.45, 7) is 0. The number of carbonyl (C=O) groups is 1. The van der Waals surface area contributed by atoms with Gasteiger partial charge in [0.25, 0.3) is 5.91 Å². The van der Waals surface area contributed by atoms with Crippen LogP contribution in [0.4, 0.5) is 5.13 Å². The fourth-order valence-electron chi connectivity index (χ4n) is 1.14. The van der Waals surface area contributed by atoms with E-state index >= 15 is 0 Å². The maximum atomic E-state index is 11.7. The summed E-state index contributed by atoms with van der Waals surface area (Å²) in [6.07, 6.45) is 1.59. The smallest absolute Gasteiger partial charge is 0.259 e. The molecule has 1 amide bonds. The van der Waals surface area contributed by atoms with Crippen molar-refractivity contribution in [3.05, 3.63) is 40.4 Å². The number of phenolic OH excluding ortho intramolecular Hbond substituents is 1. The number of carbonyl (C=O) groups excluding carboxylic acids is 1. The highest BCUT2D eigenvalue weighted by Crippen LogP contribution is 2.22. The molecule has 82 valence electrons. The van der Waals surface area contributed by atoms with Crippen molar-refractivity contribution < 1.29 is 9.90 Å². The van der Waals surface area contributed by atoms with Crippen LogP contribution in [0.3, 0.4) is 0 Å². The maximum Gasteiger partial charge on any atom is 0.259 e. The van der Waals surface area contributed by atoms with E-state index in [1.54, 1.807) is 11.6 Å². The number of halogens is 1. The zero-order chi connectivity index (χ0) is 11.5. The highest BCUT2D eigenvalue weighted by molar-refractivity contribution is 7.13. The van der Waals surface area contributed by atoms with E-state index in [0.717, 1.165) is 0 Å². The molecule has 4 nitrogen and oxygen atoms in total. The molecule has 1 heterocycles. The molecule has 0 aliphatic rings. The quantitative estimate of drug-likeness (QED) is 0.866. The summed E-state index contributed by atoms with van der Waals surface area (Å²) in [5.41, 5.74) is 0.219. The van der Waals surface area contributed by atoms with Gasteiger partial charge < -0.3 is 5.11 Å². The van der Waals surface area contributed by atoms with Crippen molar-refractivity contribution in [2.45, 2.75) is 0 Å². The van der Waals surface area contributed by atoms with E-state index in [1.807, 2.05) is 0 Å². The number of nitrogens with zero attached hydrogens (tertiary/aromatic N) is 1. The number of hydrogen-bond acceptors (Lipinski definition) is 4. The lowest BCUT2D eigenvalue weighted by Crippen LogP contribution is -2.12. The molecule has 0 radical (unpaired) electrons. The van der Waals surface area contributed by atoms with E-state index in [4.69, 9.17) is 11.6 Å². The van der Waals surface area contributed by atoms with E-state index in [9.17, 15) is 9.90 Å². The number of amides is 1. The first kappa shape index (κ1) is 10.9. The van der Waals surface area contributed by atoms with Crippen LogP contribution in [0.2, 0.25) is 5.02 Å². The Kier molecular flexibility index (Phi) is 3.07. The molecule has 1 aromatic heterocycles. The molecule has 2 rings (SSSR count). The van der Waals surface area contributed by atoms with Crippen LogP contribution >= 0.6 is 22.9 Å². The Morgan fingerprint density at radius 1 is 1.50 bits per heavy atom. The number of benzene rings is 1. The fraction of sp³-hybridized carbons (Fsp3) is 0. The summed E-state index contributed by atoms with van der Waals surface area (Å²) in [7, 11) is 0. The lowest BCUT2D eigenvalue weighted by molar-refractivity contribution is 0.102. The molecule has 6 heteroatoms. The van der Waals surface area contributed by atoms with Crippen molar-refractivity contribution in [3.8, 4) is 5.75 Å². The van der Waals surface area contributed by atoms with Gasteiger partial charge in [0.15, 0.2) is 5.13 Å². The molecule has 2 N–H and O–H groups in total. The van der Waals surface area contributed by atoms with Crippen molar-refractivity contribution in [1.29, 1.82) is 0 Å². The van der Waals surface area contributed by atoms with Gasteiger partial charge in [-0.2, -0.15) is 0 Å². The molecule has 0 fully saturated rings. The lowest BCUT2D eigenvalue weighted by Gasteiger charge is -2.04. The number of rotatable bonds is 2. The average molecular weight is 255 g/mol. The molecule has 2 aromatic rings. The van der Waals surface area contributed by atoms with Gasteiger partial charge in [0.2, 0.25) is 0 Å². The summed E-state index contributed by atoms with van der Waals surface area (Å²) in [5.74, 6) is -0.399. The Hall–Kier alpha value is -1.59. The molecule has 1 aromatic carbocycles. The average Bonchev–Trinajstić information content (AvgIpc) is 2.74. The minimum Gasteiger partial charge on any atom is -0.508 e. The van der Waals surface area contributed by atoms with E-state index in [1.165, 1.54) is 29.5 Å². The summed E-state index contributed by atoms with van der Waals surface area (Å²) in [6, 6.07) is 4.20. The molecule has 0 atom stereocenters. The number of anilines is 1. The Balaban J connectivity index is 2.24. The van der Waals surface area contributed by atoms with Gasteiger partial charge in [-0.3, -0.25) is 10.1 Å². The van der Waals surface area contributed by atoms with Crippen LogP contribution in [0.25, 0.3) is 0 Å². The number of aromatic nitrogens is 1. The van der Waals surface area contributed by atoms with Crippen LogP contribution < -0.4 is 5.32 Å². The number of thiazole rings is 1. The van der Waals surface area contributed by atoms with Gasteiger partial charge in [-0.15, -0.1) is 11.3 Å². The third-order valence-electron chi connectivity index (χ3n) is 1.85. The van der Waals surface area contributed by atoms with Crippen LogP contribution in [0.15, 0.2) is 29.8 Å². The first-order valence-electron chi connectivity index (χ1n) is 4.36. The van der Waals surface area contributed by atoms with Gasteiger partial charge in [-0.05, 0) is 18.2 Å². The van der Waals surface area contributed by atoms with Gasteiger partial charge in [0.05, 0.1) is 10.6 Å². The van der Waals surface area contributed by atoms with Crippen LogP contribution in [0, 0.1) is 0 Å². The molecular formula is C10H7ClN2O2S. The Morgan fingerprint density at radius 2 is 2.31 bits per heavy atom. The lowest BCUT2D eigenvalue weighted by atomic mass is 10.2. The zero-order valence-electron chi connectivity index (χ0n) is 7.98. The molecule has 0 spiro atoms. The molecule has 0 saturated heterocycles. The fourth-order valence-corrected chi connectivity index (χ4v) is 1.86. The highest BCUT2D eigenvalue weighted by atomic mass is 35.5. The zero-order valence-corrected chi connectivity index (χ0v) is 9.55. The molecule has 16 heavy (non-hydrogen) atoms. The Labute approximate surface area is 101 Å². The SMILES string of the molecule is O=C(Nc1nccs1)c1cc(O)ccc1Cl. The van der Waals surface area contributed by atoms with Crippen molar-refractivity contribution in [2.75, 3.05) is 5.32 Å². The third kappa shape index (κ3) is 2.32. The summed E-state index contributed by atoms with van der Waals surface area (Å²) in [4.78, 5) is 15.7. The molecule has 0 aliphatic carbocycles.